The highest BCUT2D eigenvalue weighted by Gasteiger charge is 2.00. The van der Waals surface area contributed by atoms with Gasteiger partial charge in [-0.15, -0.1) is 0 Å². The van der Waals surface area contributed by atoms with Crippen LogP contribution in [-0.4, -0.2) is 10.2 Å². The van der Waals surface area contributed by atoms with Crippen molar-refractivity contribution < 1.29 is 0 Å². The Morgan fingerprint density at radius 2 is 2.33 bits per heavy atom. The van der Waals surface area contributed by atoms with Crippen molar-refractivity contribution in [2.75, 3.05) is 0 Å². The van der Waals surface area contributed by atoms with Crippen LogP contribution >= 0.6 is 0 Å². The Hall–Kier alpha value is -0.0431. The van der Waals surface area contributed by atoms with Crippen LogP contribution in [0.15, 0.2) is 11.6 Å². The number of hydrogen-bond donors (Lipinski definition) is 0. The van der Waals surface area contributed by atoms with Gasteiger partial charge in [-0.25, -0.2) is 0 Å². The van der Waals surface area contributed by atoms with Crippen molar-refractivity contribution in [2.45, 2.75) is 38.1 Å². The van der Waals surface area contributed by atoms with Gasteiger partial charge in [-0.2, -0.15) is 0 Å². The first-order chi connectivity index (χ1) is 4.43. The second-order valence-corrected chi connectivity index (χ2v) is 3.11. The molecule has 0 aliphatic heterocycles. The maximum absolute atomic E-state index is 3.49. The van der Waals surface area contributed by atoms with Crippen LogP contribution < -0.4 is 0 Å². The van der Waals surface area contributed by atoms with Crippen molar-refractivity contribution in [3.05, 3.63) is 11.6 Å². The van der Waals surface area contributed by atoms with E-state index in [-0.39, 0.29) is 0 Å². The second-order valence-electron chi connectivity index (χ2n) is 2.61. The molecule has 0 N–H and O–H groups in total. The first-order valence-electron chi connectivity index (χ1n) is 3.76. The largest absolute Gasteiger partial charge is 0.0853 e. The van der Waals surface area contributed by atoms with E-state index in [4.69, 9.17) is 0 Å². The fourth-order valence-corrected chi connectivity index (χ4v) is 1.61. The third-order valence-electron chi connectivity index (χ3n) is 1.83. The highest BCUT2D eigenvalue weighted by atomic mass is 28.1. The molecule has 0 nitrogen and oxygen atoms in total. The van der Waals surface area contributed by atoms with E-state index in [1.165, 1.54) is 32.1 Å². The van der Waals surface area contributed by atoms with E-state index in [2.05, 4.69) is 16.3 Å². The Bertz CT molecular complexity index is 105. The van der Waals surface area contributed by atoms with Crippen LogP contribution in [0.4, 0.5) is 0 Å². The van der Waals surface area contributed by atoms with Gasteiger partial charge in [-0.05, 0) is 32.1 Å². The average molecular weight is 137 g/mol. The summed E-state index contributed by atoms with van der Waals surface area (Å²) in [4.78, 5) is 0. The van der Waals surface area contributed by atoms with Gasteiger partial charge in [0.1, 0.15) is 0 Å². The van der Waals surface area contributed by atoms with Crippen molar-refractivity contribution in [2.24, 2.45) is 0 Å². The van der Waals surface area contributed by atoms with Crippen LogP contribution in [0, 0.1) is 0 Å². The monoisotopic (exact) mass is 137 g/mol. The number of rotatable bonds is 2. The van der Waals surface area contributed by atoms with Crippen molar-refractivity contribution in [1.29, 1.82) is 0 Å². The van der Waals surface area contributed by atoms with E-state index in [0.717, 1.165) is 6.04 Å². The van der Waals surface area contributed by atoms with E-state index in [1.807, 2.05) is 0 Å². The van der Waals surface area contributed by atoms with Crippen molar-refractivity contribution >= 4 is 10.2 Å². The molecule has 0 fully saturated rings. The van der Waals surface area contributed by atoms with Crippen LogP contribution in [0.2, 0.25) is 6.04 Å². The maximum atomic E-state index is 3.49. The van der Waals surface area contributed by atoms with E-state index in [0.29, 0.717) is 0 Å². The molecule has 0 aromatic rings. The molecule has 49 valence electrons. The summed E-state index contributed by atoms with van der Waals surface area (Å²) in [6.07, 6.45) is 9.16. The summed E-state index contributed by atoms with van der Waals surface area (Å²) >= 11 is 0. The zero-order chi connectivity index (χ0) is 6.53. The summed E-state index contributed by atoms with van der Waals surface area (Å²) in [5.41, 5.74) is 1.66. The van der Waals surface area contributed by atoms with Gasteiger partial charge < -0.3 is 0 Å². The quantitative estimate of drug-likeness (QED) is 0.405. The molecule has 0 saturated carbocycles. The van der Waals surface area contributed by atoms with E-state index in [1.54, 1.807) is 5.57 Å². The van der Waals surface area contributed by atoms with Crippen LogP contribution in [0.1, 0.15) is 32.1 Å². The summed E-state index contributed by atoms with van der Waals surface area (Å²) in [6, 6.07) is 1.13. The van der Waals surface area contributed by atoms with Gasteiger partial charge in [0.2, 0.25) is 0 Å². The molecular weight excluding hydrogens is 124 g/mol. The van der Waals surface area contributed by atoms with Gasteiger partial charge in [-0.3, -0.25) is 0 Å². The Morgan fingerprint density at radius 1 is 1.44 bits per heavy atom. The van der Waals surface area contributed by atoms with Crippen molar-refractivity contribution in [3.8, 4) is 0 Å². The summed E-state index contributed by atoms with van der Waals surface area (Å²) in [5.74, 6) is 0. The van der Waals surface area contributed by atoms with Gasteiger partial charge in [0.25, 0.3) is 0 Å². The van der Waals surface area contributed by atoms with Gasteiger partial charge >= 0.3 is 0 Å². The average Bonchev–Trinajstić information content (AvgIpc) is 1.91. The molecule has 0 aromatic carbocycles. The maximum Gasteiger partial charge on any atom is 0.0225 e. The molecule has 0 saturated heterocycles. The molecule has 0 atom stereocenters. The lowest BCUT2D eigenvalue weighted by molar-refractivity contribution is 0.684. The first kappa shape index (κ1) is 7.07. The van der Waals surface area contributed by atoms with Gasteiger partial charge in [0.15, 0.2) is 0 Å². The lowest BCUT2D eigenvalue weighted by Gasteiger charge is -2.10. The van der Waals surface area contributed by atoms with Crippen LogP contribution in [0.5, 0.6) is 0 Å². The lowest BCUT2D eigenvalue weighted by Crippen LogP contribution is -1.90. The summed E-state index contributed by atoms with van der Waals surface area (Å²) in [7, 11) is 3.49. The standard InChI is InChI=1S/C8H13Si/c9-7-6-8-4-2-1-3-5-8/h4H,1-3,5-7H2. The van der Waals surface area contributed by atoms with Crippen molar-refractivity contribution in [1.82, 2.24) is 0 Å². The molecule has 0 bridgehead atoms. The molecule has 3 radical (unpaired) electrons. The predicted molar refractivity (Wildman–Crippen MR) is 41.7 cm³/mol. The number of allylic oxidation sites excluding steroid dienone is 2. The molecule has 0 unspecified atom stereocenters. The fourth-order valence-electron chi connectivity index (χ4n) is 1.29. The minimum Gasteiger partial charge on any atom is -0.0853 e. The van der Waals surface area contributed by atoms with E-state index < -0.39 is 0 Å². The Labute approximate surface area is 60.8 Å². The number of hydrogen-bond acceptors (Lipinski definition) is 0. The van der Waals surface area contributed by atoms with E-state index >= 15 is 0 Å². The lowest BCUT2D eigenvalue weighted by atomic mass is 9.98. The highest BCUT2D eigenvalue weighted by Crippen LogP contribution is 2.20. The Morgan fingerprint density at radius 3 is 2.89 bits per heavy atom. The topological polar surface area (TPSA) is 0 Å². The normalized spacial score (nSPS) is 19.4. The minimum atomic E-state index is 1.13. The SMILES string of the molecule is [Si]CCC1=CCCCC1. The minimum absolute atomic E-state index is 1.13. The molecule has 1 aliphatic rings. The molecule has 1 aliphatic carbocycles. The van der Waals surface area contributed by atoms with Gasteiger partial charge in [0, 0.05) is 10.2 Å². The second kappa shape index (κ2) is 3.88. The third-order valence-corrected chi connectivity index (χ3v) is 2.08. The van der Waals surface area contributed by atoms with Crippen molar-refractivity contribution in [3.63, 3.8) is 0 Å². The molecule has 0 heterocycles. The molecule has 0 spiro atoms. The molecule has 1 rings (SSSR count). The van der Waals surface area contributed by atoms with Gasteiger partial charge in [0.05, 0.1) is 0 Å². The molecule has 1 heteroatoms. The fraction of sp³-hybridized carbons (Fsp3) is 0.750. The molecular formula is C8H13Si. The third kappa shape index (κ3) is 2.35. The summed E-state index contributed by atoms with van der Waals surface area (Å²) in [5, 5.41) is 0. The zero-order valence-electron chi connectivity index (χ0n) is 5.82. The smallest absolute Gasteiger partial charge is 0.0225 e. The Kier molecular flexibility index (Phi) is 3.05. The Balaban J connectivity index is 2.28. The zero-order valence-corrected chi connectivity index (χ0v) is 6.82. The highest BCUT2D eigenvalue weighted by molar-refractivity contribution is 6.08. The molecule has 0 amide bonds. The molecule has 9 heavy (non-hydrogen) atoms. The van der Waals surface area contributed by atoms with Gasteiger partial charge in [-0.1, -0.05) is 17.7 Å². The molecule has 0 aromatic heterocycles. The first-order valence-corrected chi connectivity index (χ1v) is 4.46. The predicted octanol–water partition coefficient (Wildman–Crippen LogP) is 2.46. The van der Waals surface area contributed by atoms with Crippen LogP contribution in [-0.2, 0) is 0 Å². The summed E-state index contributed by atoms with van der Waals surface area (Å²) in [6.45, 7) is 0. The van der Waals surface area contributed by atoms with Crippen LogP contribution in [0.25, 0.3) is 0 Å². The van der Waals surface area contributed by atoms with Crippen LogP contribution in [0.3, 0.4) is 0 Å². The summed E-state index contributed by atoms with van der Waals surface area (Å²) < 4.78 is 0. The van der Waals surface area contributed by atoms with E-state index in [9.17, 15) is 0 Å².